The third-order valence-corrected chi connectivity index (χ3v) is 3.86. The van der Waals surface area contributed by atoms with E-state index in [1.54, 1.807) is 12.1 Å². The molecule has 130 valence electrons. The Morgan fingerprint density at radius 3 is 2.32 bits per heavy atom. The maximum atomic E-state index is 12.3. The number of amides is 1. The SMILES string of the molecule is COc1c(Cl)cc(C(=O)NC(=S)Nc2ccccc2C(=O)O)cc1Cl. The fourth-order valence-corrected chi connectivity index (χ4v) is 2.84. The van der Waals surface area contributed by atoms with Crippen LogP contribution in [0.1, 0.15) is 20.7 Å². The molecule has 25 heavy (non-hydrogen) atoms. The molecule has 2 rings (SSSR count). The molecule has 0 atom stereocenters. The minimum atomic E-state index is -1.12. The standard InChI is InChI=1S/C16H12Cl2N2O4S/c1-24-13-10(17)6-8(7-11(13)18)14(21)20-16(25)19-12-5-3-2-4-9(12)15(22)23/h2-7H,1H3,(H,22,23)(H2,19,20,21,25). The summed E-state index contributed by atoms with van der Waals surface area (Å²) in [7, 11) is 1.41. The first-order valence-electron chi connectivity index (χ1n) is 6.81. The largest absolute Gasteiger partial charge is 0.494 e. The maximum absolute atomic E-state index is 12.3. The van der Waals surface area contributed by atoms with Crippen molar-refractivity contribution in [2.75, 3.05) is 12.4 Å². The van der Waals surface area contributed by atoms with Crippen LogP contribution in [-0.2, 0) is 0 Å². The van der Waals surface area contributed by atoms with Crippen molar-refractivity contribution in [3.8, 4) is 5.75 Å². The van der Waals surface area contributed by atoms with Crippen LogP contribution in [0.25, 0.3) is 0 Å². The molecule has 0 bridgehead atoms. The molecule has 6 nitrogen and oxygen atoms in total. The van der Waals surface area contributed by atoms with Gasteiger partial charge in [-0.05, 0) is 36.5 Å². The van der Waals surface area contributed by atoms with Crippen molar-refractivity contribution in [1.29, 1.82) is 0 Å². The van der Waals surface area contributed by atoms with Crippen LogP contribution >= 0.6 is 35.4 Å². The van der Waals surface area contributed by atoms with Gasteiger partial charge in [0.15, 0.2) is 10.9 Å². The van der Waals surface area contributed by atoms with Crippen LogP contribution < -0.4 is 15.4 Å². The molecule has 9 heteroatoms. The first-order valence-corrected chi connectivity index (χ1v) is 7.97. The summed E-state index contributed by atoms with van der Waals surface area (Å²) in [5.41, 5.74) is 0.451. The Kier molecular flexibility index (Phi) is 6.19. The lowest BCUT2D eigenvalue weighted by molar-refractivity contribution is 0.0698. The fraction of sp³-hybridized carbons (Fsp3) is 0.0625. The zero-order valence-electron chi connectivity index (χ0n) is 12.8. The fourth-order valence-electron chi connectivity index (χ4n) is 1.99. The zero-order valence-corrected chi connectivity index (χ0v) is 15.1. The highest BCUT2D eigenvalue weighted by Crippen LogP contribution is 2.33. The van der Waals surface area contributed by atoms with Crippen LogP contribution in [-0.4, -0.2) is 29.2 Å². The number of para-hydroxylation sites is 1. The Labute approximate surface area is 158 Å². The third kappa shape index (κ3) is 4.60. The summed E-state index contributed by atoms with van der Waals surface area (Å²) in [4.78, 5) is 23.4. The highest BCUT2D eigenvalue weighted by molar-refractivity contribution is 7.80. The summed E-state index contributed by atoms with van der Waals surface area (Å²) in [6.45, 7) is 0. The van der Waals surface area contributed by atoms with Gasteiger partial charge in [0, 0.05) is 5.56 Å². The van der Waals surface area contributed by atoms with Crippen molar-refractivity contribution in [3.05, 3.63) is 57.6 Å². The number of methoxy groups -OCH3 is 1. The molecule has 0 aliphatic rings. The Hall–Kier alpha value is -2.35. The summed E-state index contributed by atoms with van der Waals surface area (Å²) >= 11 is 17.0. The number of benzene rings is 2. The molecule has 0 unspecified atom stereocenters. The summed E-state index contributed by atoms with van der Waals surface area (Å²) in [5, 5.41) is 14.5. The second-order valence-corrected chi connectivity index (χ2v) is 5.95. The van der Waals surface area contributed by atoms with Crippen LogP contribution in [0.3, 0.4) is 0 Å². The van der Waals surface area contributed by atoms with Gasteiger partial charge >= 0.3 is 5.97 Å². The predicted octanol–water partition coefficient (Wildman–Crippen LogP) is 3.83. The van der Waals surface area contributed by atoms with Gasteiger partial charge in [0.25, 0.3) is 5.91 Å². The number of rotatable bonds is 4. The summed E-state index contributed by atoms with van der Waals surface area (Å²) in [5.74, 6) is -1.42. The van der Waals surface area contributed by atoms with Crippen LogP contribution in [0.5, 0.6) is 5.75 Å². The van der Waals surface area contributed by atoms with Gasteiger partial charge in [0.2, 0.25) is 0 Å². The van der Waals surface area contributed by atoms with Gasteiger partial charge in [-0.1, -0.05) is 35.3 Å². The van der Waals surface area contributed by atoms with E-state index in [9.17, 15) is 9.59 Å². The lowest BCUT2D eigenvalue weighted by Gasteiger charge is -2.12. The highest BCUT2D eigenvalue weighted by atomic mass is 35.5. The van der Waals surface area contributed by atoms with E-state index in [2.05, 4.69) is 10.6 Å². The van der Waals surface area contributed by atoms with E-state index in [1.807, 2.05) is 0 Å². The minimum absolute atomic E-state index is 0.0228. The molecule has 0 aromatic heterocycles. The Bertz CT molecular complexity index is 835. The van der Waals surface area contributed by atoms with Crippen LogP contribution in [0.15, 0.2) is 36.4 Å². The van der Waals surface area contributed by atoms with Gasteiger partial charge in [0.1, 0.15) is 0 Å². The number of hydrogen-bond donors (Lipinski definition) is 3. The molecule has 0 heterocycles. The molecule has 0 aliphatic heterocycles. The molecule has 3 N–H and O–H groups in total. The number of aromatic carboxylic acids is 1. The lowest BCUT2D eigenvalue weighted by Crippen LogP contribution is -2.34. The second kappa shape index (κ2) is 8.15. The number of halogens is 2. The number of carbonyl (C=O) groups excluding carboxylic acids is 1. The van der Waals surface area contributed by atoms with Gasteiger partial charge in [-0.2, -0.15) is 0 Å². The summed E-state index contributed by atoms with van der Waals surface area (Å²) in [6.07, 6.45) is 0. The average Bonchev–Trinajstić information content (AvgIpc) is 2.54. The van der Waals surface area contributed by atoms with Gasteiger partial charge in [-0.3, -0.25) is 10.1 Å². The number of hydrogen-bond acceptors (Lipinski definition) is 4. The van der Waals surface area contributed by atoms with Crippen molar-refractivity contribution in [2.24, 2.45) is 0 Å². The molecular weight excluding hydrogens is 387 g/mol. The summed E-state index contributed by atoms with van der Waals surface area (Å²) < 4.78 is 5.02. The molecule has 1 amide bonds. The van der Waals surface area contributed by atoms with Crippen molar-refractivity contribution in [3.63, 3.8) is 0 Å². The first kappa shape index (κ1) is 19.0. The Morgan fingerprint density at radius 2 is 1.76 bits per heavy atom. The van der Waals surface area contributed by atoms with E-state index < -0.39 is 11.9 Å². The second-order valence-electron chi connectivity index (χ2n) is 4.73. The van der Waals surface area contributed by atoms with E-state index in [0.717, 1.165) is 0 Å². The van der Waals surface area contributed by atoms with Crippen molar-refractivity contribution < 1.29 is 19.4 Å². The summed E-state index contributed by atoms with van der Waals surface area (Å²) in [6, 6.07) is 8.94. The molecule has 0 fully saturated rings. The number of anilines is 1. The van der Waals surface area contributed by atoms with Gasteiger partial charge < -0.3 is 15.2 Å². The van der Waals surface area contributed by atoms with Crippen LogP contribution in [0, 0.1) is 0 Å². The topological polar surface area (TPSA) is 87.7 Å². The quantitative estimate of drug-likeness (QED) is 0.678. The molecule has 0 saturated heterocycles. The monoisotopic (exact) mass is 398 g/mol. The molecule has 0 saturated carbocycles. The number of ether oxygens (including phenoxy) is 1. The van der Waals surface area contributed by atoms with E-state index in [-0.39, 0.29) is 37.7 Å². The number of thiocarbonyl (C=S) groups is 1. The van der Waals surface area contributed by atoms with Crippen molar-refractivity contribution in [2.45, 2.75) is 0 Å². The number of carbonyl (C=O) groups is 2. The van der Waals surface area contributed by atoms with Crippen molar-refractivity contribution in [1.82, 2.24) is 5.32 Å². The molecule has 0 radical (unpaired) electrons. The van der Waals surface area contributed by atoms with Gasteiger partial charge in [0.05, 0.1) is 28.4 Å². The Morgan fingerprint density at radius 1 is 1.16 bits per heavy atom. The maximum Gasteiger partial charge on any atom is 0.337 e. The third-order valence-electron chi connectivity index (χ3n) is 3.10. The number of nitrogens with one attached hydrogen (secondary N) is 2. The van der Waals surface area contributed by atoms with E-state index in [1.165, 1.54) is 31.4 Å². The number of carboxylic acids is 1. The first-order chi connectivity index (χ1) is 11.8. The molecule has 2 aromatic carbocycles. The predicted molar refractivity (Wildman–Crippen MR) is 100 cm³/mol. The van der Waals surface area contributed by atoms with Crippen LogP contribution in [0.2, 0.25) is 10.0 Å². The smallest absolute Gasteiger partial charge is 0.337 e. The van der Waals surface area contributed by atoms with E-state index in [4.69, 9.17) is 45.3 Å². The highest BCUT2D eigenvalue weighted by Gasteiger charge is 2.16. The van der Waals surface area contributed by atoms with Gasteiger partial charge in [-0.15, -0.1) is 0 Å². The average molecular weight is 399 g/mol. The zero-order chi connectivity index (χ0) is 18.6. The molecule has 2 aromatic rings. The van der Waals surface area contributed by atoms with Crippen molar-refractivity contribution >= 4 is 58.1 Å². The van der Waals surface area contributed by atoms with E-state index >= 15 is 0 Å². The minimum Gasteiger partial charge on any atom is -0.494 e. The molecular formula is C16H12Cl2N2O4S. The lowest BCUT2D eigenvalue weighted by atomic mass is 10.2. The Balaban J connectivity index is 2.14. The number of carboxylic acid groups (broad SMARTS) is 1. The normalized spacial score (nSPS) is 10.0. The molecule has 0 aliphatic carbocycles. The van der Waals surface area contributed by atoms with E-state index in [0.29, 0.717) is 0 Å². The van der Waals surface area contributed by atoms with Crippen LogP contribution in [0.4, 0.5) is 5.69 Å². The van der Waals surface area contributed by atoms with Gasteiger partial charge in [-0.25, -0.2) is 4.79 Å². The molecule has 0 spiro atoms.